The summed E-state index contributed by atoms with van der Waals surface area (Å²) < 4.78 is 26.9. The van der Waals surface area contributed by atoms with Gasteiger partial charge in [-0.1, -0.05) is 29.3 Å². The molecule has 2 aromatic carbocycles. The maximum atomic E-state index is 12.8. The first kappa shape index (κ1) is 23.2. The number of halogens is 1. The average Bonchev–Trinajstić information content (AvgIpc) is 3.25. The van der Waals surface area contributed by atoms with Crippen LogP contribution in [0.4, 0.5) is 5.69 Å². The highest BCUT2D eigenvalue weighted by atomic mass is 35.5. The minimum absolute atomic E-state index is 0.0115. The van der Waals surface area contributed by atoms with Crippen LogP contribution >= 0.6 is 11.6 Å². The molecule has 1 heterocycles. The second kappa shape index (κ2) is 9.38. The topological polar surface area (TPSA) is 95.6 Å². The fourth-order valence-corrected chi connectivity index (χ4v) is 5.48. The Bertz CT molecular complexity index is 1100. The van der Waals surface area contributed by atoms with Crippen LogP contribution in [0.1, 0.15) is 39.9 Å². The molecular weight excluding hydrogens is 438 g/mol. The van der Waals surface area contributed by atoms with E-state index in [1.807, 2.05) is 32.9 Å². The van der Waals surface area contributed by atoms with Crippen molar-refractivity contribution in [2.24, 2.45) is 0 Å². The zero-order valence-corrected chi connectivity index (χ0v) is 19.4. The Morgan fingerprint density at radius 1 is 1.03 bits per heavy atom. The number of rotatable bonds is 6. The molecule has 0 bridgehead atoms. The summed E-state index contributed by atoms with van der Waals surface area (Å²) in [7, 11) is -3.68. The van der Waals surface area contributed by atoms with Gasteiger partial charge in [-0.2, -0.15) is 4.31 Å². The molecule has 3 rings (SSSR count). The van der Waals surface area contributed by atoms with Crippen molar-refractivity contribution in [3.05, 3.63) is 57.6 Å². The van der Waals surface area contributed by atoms with Crippen LogP contribution in [0.15, 0.2) is 35.2 Å². The number of nitrogens with one attached hydrogen (secondary N) is 2. The van der Waals surface area contributed by atoms with E-state index in [0.29, 0.717) is 18.8 Å². The monoisotopic (exact) mass is 463 g/mol. The Hall–Kier alpha value is -2.42. The normalized spacial score (nSPS) is 14.5. The summed E-state index contributed by atoms with van der Waals surface area (Å²) in [6.45, 7) is 6.44. The molecule has 2 amide bonds. The molecule has 0 radical (unpaired) electrons. The van der Waals surface area contributed by atoms with Gasteiger partial charge in [-0.25, -0.2) is 8.42 Å². The number of carbonyl (C=O) groups is 2. The zero-order valence-electron chi connectivity index (χ0n) is 17.8. The lowest BCUT2D eigenvalue weighted by Crippen LogP contribution is -2.33. The van der Waals surface area contributed by atoms with Gasteiger partial charge in [0.1, 0.15) is 0 Å². The standard InChI is InChI=1S/C22H26ClN3O4S/c1-14-10-15(2)21(16(3)11-14)25-20(27)13-24-22(28)18-12-17(6-7-19(18)23)31(29,30)26-8-4-5-9-26/h6-7,10-12H,4-5,8-9,13H2,1-3H3,(H,24,28)(H,25,27). The summed E-state index contributed by atoms with van der Waals surface area (Å²) in [5.74, 6) is -1.00. The van der Waals surface area contributed by atoms with Crippen LogP contribution in [0.25, 0.3) is 0 Å². The van der Waals surface area contributed by atoms with Crippen LogP contribution in [0.5, 0.6) is 0 Å². The van der Waals surface area contributed by atoms with Gasteiger partial charge >= 0.3 is 0 Å². The molecule has 2 aromatic rings. The van der Waals surface area contributed by atoms with Crippen LogP contribution in [-0.2, 0) is 14.8 Å². The maximum Gasteiger partial charge on any atom is 0.253 e. The van der Waals surface area contributed by atoms with E-state index >= 15 is 0 Å². The molecule has 0 aliphatic carbocycles. The smallest absolute Gasteiger partial charge is 0.253 e. The Labute approximate surface area is 187 Å². The van der Waals surface area contributed by atoms with Crippen LogP contribution in [-0.4, -0.2) is 44.2 Å². The van der Waals surface area contributed by atoms with Crippen molar-refractivity contribution in [1.29, 1.82) is 0 Å². The molecular formula is C22H26ClN3O4S. The molecule has 1 saturated heterocycles. The molecule has 31 heavy (non-hydrogen) atoms. The number of hydrogen-bond acceptors (Lipinski definition) is 4. The lowest BCUT2D eigenvalue weighted by atomic mass is 10.1. The summed E-state index contributed by atoms with van der Waals surface area (Å²) in [6.07, 6.45) is 1.63. The zero-order chi connectivity index (χ0) is 22.8. The predicted molar refractivity (Wildman–Crippen MR) is 121 cm³/mol. The third-order valence-corrected chi connectivity index (χ3v) is 7.46. The number of amides is 2. The van der Waals surface area contributed by atoms with Crippen molar-refractivity contribution < 1.29 is 18.0 Å². The molecule has 166 valence electrons. The van der Waals surface area contributed by atoms with Crippen molar-refractivity contribution in [3.63, 3.8) is 0 Å². The Balaban J connectivity index is 1.70. The molecule has 1 fully saturated rings. The van der Waals surface area contributed by atoms with Gasteiger partial charge in [0.2, 0.25) is 15.9 Å². The molecule has 1 aliphatic rings. The fraction of sp³-hybridized carbons (Fsp3) is 0.364. The van der Waals surface area contributed by atoms with Crippen LogP contribution < -0.4 is 10.6 Å². The first-order valence-corrected chi connectivity index (χ1v) is 11.9. The quantitative estimate of drug-likeness (QED) is 0.686. The average molecular weight is 464 g/mol. The van der Waals surface area contributed by atoms with E-state index in [2.05, 4.69) is 10.6 Å². The highest BCUT2D eigenvalue weighted by Crippen LogP contribution is 2.25. The minimum Gasteiger partial charge on any atom is -0.343 e. The van der Waals surface area contributed by atoms with E-state index < -0.39 is 15.9 Å². The van der Waals surface area contributed by atoms with Crippen molar-refractivity contribution in [2.75, 3.05) is 25.0 Å². The van der Waals surface area contributed by atoms with Crippen molar-refractivity contribution >= 4 is 39.1 Å². The third-order valence-electron chi connectivity index (χ3n) is 5.24. The van der Waals surface area contributed by atoms with Gasteiger partial charge < -0.3 is 10.6 Å². The minimum atomic E-state index is -3.68. The third kappa shape index (κ3) is 5.26. The largest absolute Gasteiger partial charge is 0.343 e. The number of aryl methyl sites for hydroxylation is 3. The number of sulfonamides is 1. The Morgan fingerprint density at radius 2 is 1.65 bits per heavy atom. The summed E-state index contributed by atoms with van der Waals surface area (Å²) in [5, 5.41) is 5.44. The predicted octanol–water partition coefficient (Wildman–Crippen LogP) is 3.42. The number of anilines is 1. The molecule has 9 heteroatoms. The molecule has 7 nitrogen and oxygen atoms in total. The van der Waals surface area contributed by atoms with Crippen LogP contribution in [0.2, 0.25) is 5.02 Å². The van der Waals surface area contributed by atoms with E-state index in [-0.39, 0.29) is 27.9 Å². The fourth-order valence-electron chi connectivity index (χ4n) is 3.73. The SMILES string of the molecule is Cc1cc(C)c(NC(=O)CNC(=O)c2cc(S(=O)(=O)N3CCCC3)ccc2Cl)c(C)c1. The number of benzene rings is 2. The van der Waals surface area contributed by atoms with Gasteiger partial charge in [0, 0.05) is 18.8 Å². The first-order chi connectivity index (χ1) is 14.6. The highest BCUT2D eigenvalue weighted by molar-refractivity contribution is 7.89. The lowest BCUT2D eigenvalue weighted by Gasteiger charge is -2.16. The molecule has 0 spiro atoms. The lowest BCUT2D eigenvalue weighted by molar-refractivity contribution is -0.115. The van der Waals surface area contributed by atoms with Gasteiger partial charge in [0.25, 0.3) is 5.91 Å². The highest BCUT2D eigenvalue weighted by Gasteiger charge is 2.28. The van der Waals surface area contributed by atoms with E-state index in [1.54, 1.807) is 0 Å². The molecule has 1 aliphatic heterocycles. The van der Waals surface area contributed by atoms with E-state index in [1.165, 1.54) is 22.5 Å². The summed E-state index contributed by atoms with van der Waals surface area (Å²) in [5.41, 5.74) is 3.68. The van der Waals surface area contributed by atoms with Gasteiger partial charge in [-0.15, -0.1) is 0 Å². The van der Waals surface area contributed by atoms with Crippen molar-refractivity contribution in [3.8, 4) is 0 Å². The molecule has 0 saturated carbocycles. The van der Waals surface area contributed by atoms with Gasteiger partial charge in [0.15, 0.2) is 0 Å². The number of hydrogen-bond donors (Lipinski definition) is 2. The van der Waals surface area contributed by atoms with E-state index in [4.69, 9.17) is 11.6 Å². The Morgan fingerprint density at radius 3 is 2.26 bits per heavy atom. The maximum absolute atomic E-state index is 12.8. The number of nitrogens with zero attached hydrogens (tertiary/aromatic N) is 1. The molecule has 0 aromatic heterocycles. The van der Waals surface area contributed by atoms with Crippen LogP contribution in [0, 0.1) is 20.8 Å². The number of carbonyl (C=O) groups excluding carboxylic acids is 2. The van der Waals surface area contributed by atoms with Crippen LogP contribution in [0.3, 0.4) is 0 Å². The molecule has 0 unspecified atom stereocenters. The van der Waals surface area contributed by atoms with Crippen molar-refractivity contribution in [1.82, 2.24) is 9.62 Å². The summed E-state index contributed by atoms with van der Waals surface area (Å²) in [6, 6.07) is 7.97. The van der Waals surface area contributed by atoms with Gasteiger partial charge in [-0.3, -0.25) is 9.59 Å². The van der Waals surface area contributed by atoms with Crippen molar-refractivity contribution in [2.45, 2.75) is 38.5 Å². The van der Waals surface area contributed by atoms with Gasteiger partial charge in [0.05, 0.1) is 22.0 Å². The van der Waals surface area contributed by atoms with E-state index in [9.17, 15) is 18.0 Å². The molecule has 2 N–H and O–H groups in total. The first-order valence-electron chi connectivity index (χ1n) is 10.0. The second-order valence-corrected chi connectivity index (χ2v) is 10.1. The molecule has 0 atom stereocenters. The van der Waals surface area contributed by atoms with Gasteiger partial charge in [-0.05, 0) is 62.9 Å². The summed E-state index contributed by atoms with van der Waals surface area (Å²) >= 11 is 6.13. The Kier molecular flexibility index (Phi) is 7.03. The van der Waals surface area contributed by atoms with E-state index in [0.717, 1.165) is 29.5 Å². The summed E-state index contributed by atoms with van der Waals surface area (Å²) in [4.78, 5) is 25.0. The second-order valence-electron chi connectivity index (χ2n) is 7.76.